The van der Waals surface area contributed by atoms with E-state index < -0.39 is 0 Å². The summed E-state index contributed by atoms with van der Waals surface area (Å²) in [5.41, 5.74) is 8.13. The van der Waals surface area contributed by atoms with Gasteiger partial charge in [0.1, 0.15) is 5.75 Å². The van der Waals surface area contributed by atoms with E-state index in [0.717, 1.165) is 23.4 Å². The van der Waals surface area contributed by atoms with E-state index in [1.807, 2.05) is 25.2 Å². The van der Waals surface area contributed by atoms with Gasteiger partial charge in [-0.05, 0) is 24.7 Å². The van der Waals surface area contributed by atoms with Crippen LogP contribution in [0.4, 0.5) is 0 Å². The molecule has 0 saturated carbocycles. The number of aromatic nitrogens is 2. The fourth-order valence-electron chi connectivity index (χ4n) is 1.74. The largest absolute Gasteiger partial charge is 0.507 e. The summed E-state index contributed by atoms with van der Waals surface area (Å²) in [6.45, 7) is 0.581. The van der Waals surface area contributed by atoms with Gasteiger partial charge in [0.15, 0.2) is 0 Å². The number of phenols is 1. The molecule has 2 aromatic rings. The van der Waals surface area contributed by atoms with E-state index in [0.29, 0.717) is 6.54 Å². The molecule has 0 saturated heterocycles. The molecule has 0 fully saturated rings. The Bertz CT molecular complexity index is 491. The Morgan fingerprint density at radius 2 is 2.12 bits per heavy atom. The first kappa shape index (κ1) is 10.7. The second kappa shape index (κ2) is 4.37. The Morgan fingerprint density at radius 3 is 2.81 bits per heavy atom. The number of rotatable bonds is 3. The molecule has 0 amide bonds. The predicted molar refractivity (Wildman–Crippen MR) is 63.1 cm³/mol. The second-order valence-electron chi connectivity index (χ2n) is 3.70. The van der Waals surface area contributed by atoms with E-state index in [1.165, 1.54) is 0 Å². The van der Waals surface area contributed by atoms with Crippen molar-refractivity contribution in [3.63, 3.8) is 0 Å². The highest BCUT2D eigenvalue weighted by Gasteiger charge is 2.09. The molecule has 0 aliphatic rings. The predicted octanol–water partition coefficient (Wildman–Crippen LogP) is 1.29. The number of hydrogen-bond donors (Lipinski definition) is 2. The van der Waals surface area contributed by atoms with E-state index in [9.17, 15) is 5.11 Å². The summed E-state index contributed by atoms with van der Waals surface area (Å²) in [5.74, 6) is 0.268. The summed E-state index contributed by atoms with van der Waals surface area (Å²) in [7, 11) is 1.86. The van der Waals surface area contributed by atoms with Crippen molar-refractivity contribution in [3.05, 3.63) is 36.0 Å². The van der Waals surface area contributed by atoms with Crippen LogP contribution in [-0.2, 0) is 13.5 Å². The van der Waals surface area contributed by atoms with Gasteiger partial charge in [-0.15, -0.1) is 0 Å². The zero-order valence-corrected chi connectivity index (χ0v) is 9.22. The number of aryl methyl sites for hydroxylation is 1. The molecule has 0 unspecified atom stereocenters. The number of hydrogen-bond acceptors (Lipinski definition) is 3. The lowest BCUT2D eigenvalue weighted by Crippen LogP contribution is -2.03. The maximum Gasteiger partial charge on any atom is 0.124 e. The number of nitrogens with two attached hydrogens (primary N) is 1. The maximum atomic E-state index is 9.76. The molecule has 3 N–H and O–H groups in total. The van der Waals surface area contributed by atoms with Crippen LogP contribution in [0.15, 0.2) is 30.3 Å². The summed E-state index contributed by atoms with van der Waals surface area (Å²) in [4.78, 5) is 0. The topological polar surface area (TPSA) is 64.1 Å². The van der Waals surface area contributed by atoms with Gasteiger partial charge in [-0.25, -0.2) is 0 Å². The normalized spacial score (nSPS) is 10.6. The quantitative estimate of drug-likeness (QED) is 0.814. The van der Waals surface area contributed by atoms with Gasteiger partial charge in [0.25, 0.3) is 0 Å². The fraction of sp³-hybridized carbons (Fsp3) is 0.250. The van der Waals surface area contributed by atoms with Gasteiger partial charge < -0.3 is 10.8 Å². The monoisotopic (exact) mass is 217 g/mol. The summed E-state index contributed by atoms with van der Waals surface area (Å²) < 4.78 is 1.76. The Balaban J connectivity index is 2.44. The van der Waals surface area contributed by atoms with E-state index in [4.69, 9.17) is 5.73 Å². The lowest BCUT2D eigenvalue weighted by Gasteiger charge is -2.03. The molecule has 0 atom stereocenters. The van der Waals surface area contributed by atoms with Crippen LogP contribution >= 0.6 is 0 Å². The number of nitrogens with zero attached hydrogens (tertiary/aromatic N) is 2. The first-order valence-electron chi connectivity index (χ1n) is 5.23. The average molecular weight is 217 g/mol. The maximum absolute atomic E-state index is 9.76. The molecule has 4 heteroatoms. The van der Waals surface area contributed by atoms with Crippen LogP contribution in [0.25, 0.3) is 11.3 Å². The lowest BCUT2D eigenvalue weighted by molar-refractivity contribution is 0.476. The zero-order valence-electron chi connectivity index (χ0n) is 9.22. The van der Waals surface area contributed by atoms with Gasteiger partial charge in [0.2, 0.25) is 0 Å². The summed E-state index contributed by atoms with van der Waals surface area (Å²) in [5, 5.41) is 14.1. The highest BCUT2D eigenvalue weighted by atomic mass is 16.3. The third-order valence-electron chi connectivity index (χ3n) is 2.51. The van der Waals surface area contributed by atoms with Crippen LogP contribution in [0.5, 0.6) is 5.75 Å². The molecule has 1 aromatic carbocycles. The van der Waals surface area contributed by atoms with Crippen LogP contribution in [0, 0.1) is 0 Å². The van der Waals surface area contributed by atoms with Crippen molar-refractivity contribution in [2.45, 2.75) is 6.42 Å². The summed E-state index contributed by atoms with van der Waals surface area (Å²) in [6.07, 6.45) is 0.751. The minimum Gasteiger partial charge on any atom is -0.507 e. The number of para-hydroxylation sites is 1. The average Bonchev–Trinajstić information content (AvgIpc) is 2.61. The molecule has 0 aliphatic carbocycles. The van der Waals surface area contributed by atoms with Crippen molar-refractivity contribution >= 4 is 0 Å². The molecule has 1 heterocycles. The van der Waals surface area contributed by atoms with E-state index >= 15 is 0 Å². The van der Waals surface area contributed by atoms with Crippen molar-refractivity contribution in [2.24, 2.45) is 12.8 Å². The Morgan fingerprint density at radius 1 is 1.38 bits per heavy atom. The third kappa shape index (κ3) is 1.92. The SMILES string of the molecule is Cn1nc(CCN)cc1-c1ccccc1O. The second-order valence-corrected chi connectivity index (χ2v) is 3.70. The van der Waals surface area contributed by atoms with Gasteiger partial charge in [-0.3, -0.25) is 4.68 Å². The van der Waals surface area contributed by atoms with Gasteiger partial charge >= 0.3 is 0 Å². The molecule has 84 valence electrons. The van der Waals surface area contributed by atoms with Crippen molar-refractivity contribution in [1.29, 1.82) is 0 Å². The molecular formula is C12H15N3O. The fourth-order valence-corrected chi connectivity index (χ4v) is 1.74. The molecule has 0 spiro atoms. The van der Waals surface area contributed by atoms with Crippen LogP contribution in [0.2, 0.25) is 0 Å². The lowest BCUT2D eigenvalue weighted by atomic mass is 10.1. The number of phenolic OH excluding ortho intramolecular Hbond substituents is 1. The highest BCUT2D eigenvalue weighted by molar-refractivity contribution is 5.67. The van der Waals surface area contributed by atoms with Crippen LogP contribution in [0.3, 0.4) is 0 Å². The van der Waals surface area contributed by atoms with Crippen molar-refractivity contribution in [1.82, 2.24) is 9.78 Å². The summed E-state index contributed by atoms with van der Waals surface area (Å²) in [6, 6.07) is 9.20. The van der Waals surface area contributed by atoms with Crippen LogP contribution in [0.1, 0.15) is 5.69 Å². The number of benzene rings is 1. The third-order valence-corrected chi connectivity index (χ3v) is 2.51. The molecule has 2 rings (SSSR count). The summed E-state index contributed by atoms with van der Waals surface area (Å²) >= 11 is 0. The Kier molecular flexibility index (Phi) is 2.92. The Labute approximate surface area is 94.3 Å². The first-order valence-corrected chi connectivity index (χ1v) is 5.23. The molecule has 1 aromatic heterocycles. The van der Waals surface area contributed by atoms with Crippen LogP contribution < -0.4 is 5.73 Å². The minimum atomic E-state index is 0.268. The van der Waals surface area contributed by atoms with E-state index in [1.54, 1.807) is 16.8 Å². The molecule has 0 radical (unpaired) electrons. The van der Waals surface area contributed by atoms with Gasteiger partial charge in [0, 0.05) is 19.0 Å². The molecule has 0 aliphatic heterocycles. The van der Waals surface area contributed by atoms with Crippen molar-refractivity contribution in [3.8, 4) is 17.0 Å². The van der Waals surface area contributed by atoms with Crippen LogP contribution in [-0.4, -0.2) is 21.4 Å². The Hall–Kier alpha value is -1.81. The molecule has 4 nitrogen and oxygen atoms in total. The highest BCUT2D eigenvalue weighted by Crippen LogP contribution is 2.28. The minimum absolute atomic E-state index is 0.268. The standard InChI is InChI=1S/C12H15N3O/c1-15-11(8-9(14-15)6-7-13)10-4-2-3-5-12(10)16/h2-5,8,16H,6-7,13H2,1H3. The van der Waals surface area contributed by atoms with E-state index in [2.05, 4.69) is 5.10 Å². The molecule has 0 bridgehead atoms. The zero-order chi connectivity index (χ0) is 11.5. The van der Waals surface area contributed by atoms with E-state index in [-0.39, 0.29) is 5.75 Å². The molecular weight excluding hydrogens is 202 g/mol. The van der Waals surface area contributed by atoms with Crippen molar-refractivity contribution in [2.75, 3.05) is 6.54 Å². The van der Waals surface area contributed by atoms with Crippen molar-refractivity contribution < 1.29 is 5.11 Å². The smallest absolute Gasteiger partial charge is 0.124 e. The van der Waals surface area contributed by atoms with Gasteiger partial charge in [-0.1, -0.05) is 12.1 Å². The molecule has 16 heavy (non-hydrogen) atoms. The number of aromatic hydroxyl groups is 1. The van der Waals surface area contributed by atoms with Gasteiger partial charge in [0.05, 0.1) is 11.4 Å². The van der Waals surface area contributed by atoms with Gasteiger partial charge in [-0.2, -0.15) is 5.10 Å². The first-order chi connectivity index (χ1) is 7.72.